The van der Waals surface area contributed by atoms with E-state index in [0.29, 0.717) is 6.42 Å². The van der Waals surface area contributed by atoms with Crippen LogP contribution in [0.1, 0.15) is 11.1 Å². The lowest BCUT2D eigenvalue weighted by Gasteiger charge is -2.20. The second kappa shape index (κ2) is 7.83. The van der Waals surface area contributed by atoms with E-state index in [0.717, 1.165) is 18.5 Å². The van der Waals surface area contributed by atoms with Crippen molar-refractivity contribution in [3.8, 4) is 0 Å². The molecule has 1 radical (unpaired) electrons. The topological polar surface area (TPSA) is 32.3 Å². The first kappa shape index (κ1) is 14.8. The van der Waals surface area contributed by atoms with Crippen LogP contribution in [-0.2, 0) is 12.8 Å². The van der Waals surface area contributed by atoms with Crippen LogP contribution in [0.5, 0.6) is 0 Å². The predicted octanol–water partition coefficient (Wildman–Crippen LogP) is 2.62. The third-order valence-corrected chi connectivity index (χ3v) is 3.42. The first-order valence-electron chi connectivity index (χ1n) is 7.08. The van der Waals surface area contributed by atoms with Gasteiger partial charge in [-0.15, -0.1) is 0 Å². The molecule has 0 amide bonds. The van der Waals surface area contributed by atoms with Gasteiger partial charge in [0.25, 0.3) is 0 Å². The summed E-state index contributed by atoms with van der Waals surface area (Å²) >= 11 is 0. The molecule has 2 nitrogen and oxygen atoms in total. The van der Waals surface area contributed by atoms with Gasteiger partial charge in [0.1, 0.15) is 0 Å². The molecule has 0 saturated heterocycles. The summed E-state index contributed by atoms with van der Waals surface area (Å²) in [5, 5.41) is 13.4. The quantitative estimate of drug-likeness (QED) is 0.809. The van der Waals surface area contributed by atoms with Crippen molar-refractivity contribution < 1.29 is 5.11 Å². The molecule has 0 bridgehead atoms. The van der Waals surface area contributed by atoms with Crippen molar-refractivity contribution in [2.24, 2.45) is 0 Å². The fourth-order valence-corrected chi connectivity index (χ4v) is 2.18. The van der Waals surface area contributed by atoms with Crippen molar-refractivity contribution in [1.29, 1.82) is 0 Å². The van der Waals surface area contributed by atoms with Crippen LogP contribution in [0.3, 0.4) is 0 Å². The summed E-state index contributed by atoms with van der Waals surface area (Å²) in [7, 11) is 0. The minimum absolute atomic E-state index is 0.154. The van der Waals surface area contributed by atoms with Gasteiger partial charge in [-0.25, -0.2) is 0 Å². The van der Waals surface area contributed by atoms with E-state index in [1.807, 2.05) is 48.5 Å². The summed E-state index contributed by atoms with van der Waals surface area (Å²) in [6.45, 7) is 4.83. The van der Waals surface area contributed by atoms with Crippen LogP contribution in [-0.4, -0.2) is 23.8 Å². The Balaban J connectivity index is 1.73. The van der Waals surface area contributed by atoms with Crippen molar-refractivity contribution >= 4 is 0 Å². The molecule has 2 N–H and O–H groups in total. The summed E-state index contributed by atoms with van der Waals surface area (Å²) in [5.74, 6) is 0. The summed E-state index contributed by atoms with van der Waals surface area (Å²) in [6.07, 6.45) is 1.12. The number of aliphatic hydroxyl groups excluding tert-OH is 1. The van der Waals surface area contributed by atoms with Gasteiger partial charge in [-0.1, -0.05) is 60.7 Å². The van der Waals surface area contributed by atoms with Crippen LogP contribution in [0.2, 0.25) is 0 Å². The van der Waals surface area contributed by atoms with Gasteiger partial charge < -0.3 is 10.4 Å². The van der Waals surface area contributed by atoms with Crippen LogP contribution < -0.4 is 5.32 Å². The van der Waals surface area contributed by atoms with Crippen LogP contribution in [0, 0.1) is 6.92 Å². The molecule has 2 aromatic carbocycles. The average Bonchev–Trinajstić information content (AvgIpc) is 2.49. The number of hydrogen-bond donors (Lipinski definition) is 2. The van der Waals surface area contributed by atoms with Crippen molar-refractivity contribution in [3.63, 3.8) is 0 Å². The Morgan fingerprint density at radius 2 is 1.45 bits per heavy atom. The molecule has 0 aliphatic carbocycles. The van der Waals surface area contributed by atoms with Gasteiger partial charge in [-0.3, -0.25) is 0 Å². The standard InChI is InChI=1S/C18H22NO/c1-15(18(20)14-17-10-6-3-7-11-17)19-13-12-16-8-4-2-5-9-16/h2-11,15,18-20H,1,12-14H2/t15-,18+/m1/s1. The molecule has 20 heavy (non-hydrogen) atoms. The molecule has 0 heterocycles. The van der Waals surface area contributed by atoms with E-state index in [4.69, 9.17) is 0 Å². The molecule has 0 fully saturated rings. The van der Waals surface area contributed by atoms with Crippen LogP contribution in [0.15, 0.2) is 60.7 Å². The summed E-state index contributed by atoms with van der Waals surface area (Å²) in [4.78, 5) is 0. The van der Waals surface area contributed by atoms with Crippen molar-refractivity contribution in [2.45, 2.75) is 25.0 Å². The van der Waals surface area contributed by atoms with E-state index >= 15 is 0 Å². The first-order valence-corrected chi connectivity index (χ1v) is 7.08. The molecule has 0 saturated carbocycles. The lowest BCUT2D eigenvalue weighted by molar-refractivity contribution is 0.145. The predicted molar refractivity (Wildman–Crippen MR) is 83.4 cm³/mol. The summed E-state index contributed by atoms with van der Waals surface area (Å²) < 4.78 is 0. The number of rotatable bonds is 7. The van der Waals surface area contributed by atoms with E-state index < -0.39 is 6.10 Å². The highest BCUT2D eigenvalue weighted by molar-refractivity contribution is 5.16. The van der Waals surface area contributed by atoms with Crippen LogP contribution in [0.4, 0.5) is 0 Å². The van der Waals surface area contributed by atoms with Crippen LogP contribution >= 0.6 is 0 Å². The minimum atomic E-state index is -0.465. The van der Waals surface area contributed by atoms with E-state index in [1.54, 1.807) is 0 Å². The van der Waals surface area contributed by atoms with Gasteiger partial charge in [0.2, 0.25) is 0 Å². The van der Waals surface area contributed by atoms with Gasteiger partial charge in [-0.2, -0.15) is 0 Å². The van der Waals surface area contributed by atoms with Gasteiger partial charge >= 0.3 is 0 Å². The average molecular weight is 268 g/mol. The molecular weight excluding hydrogens is 246 g/mol. The van der Waals surface area contributed by atoms with E-state index in [2.05, 4.69) is 24.4 Å². The molecule has 2 rings (SSSR count). The Kier molecular flexibility index (Phi) is 5.78. The molecule has 0 spiro atoms. The highest BCUT2D eigenvalue weighted by Gasteiger charge is 2.13. The van der Waals surface area contributed by atoms with Gasteiger partial charge in [0.15, 0.2) is 0 Å². The molecule has 0 aliphatic rings. The molecule has 0 unspecified atom stereocenters. The Morgan fingerprint density at radius 1 is 0.900 bits per heavy atom. The second-order valence-corrected chi connectivity index (χ2v) is 5.05. The number of aliphatic hydroxyl groups is 1. The molecule has 105 valence electrons. The molecular formula is C18H22NO. The van der Waals surface area contributed by atoms with Crippen molar-refractivity contribution in [2.75, 3.05) is 6.54 Å². The summed E-state index contributed by atoms with van der Waals surface area (Å²) in [6, 6.07) is 20.2. The molecule has 2 atom stereocenters. The Morgan fingerprint density at radius 3 is 2.05 bits per heavy atom. The molecule has 2 aromatic rings. The Hall–Kier alpha value is -1.64. The lowest BCUT2D eigenvalue weighted by atomic mass is 10.0. The highest BCUT2D eigenvalue weighted by atomic mass is 16.3. The molecule has 0 aliphatic heterocycles. The first-order chi connectivity index (χ1) is 9.75. The third kappa shape index (κ3) is 4.80. The maximum absolute atomic E-state index is 10.1. The van der Waals surface area contributed by atoms with E-state index in [1.165, 1.54) is 5.56 Å². The SMILES string of the molecule is [CH2][C@@H](NCCc1ccccc1)[C@@H](O)Cc1ccccc1. The van der Waals surface area contributed by atoms with E-state index in [-0.39, 0.29) is 6.04 Å². The van der Waals surface area contributed by atoms with Crippen LogP contribution in [0.25, 0.3) is 0 Å². The minimum Gasteiger partial charge on any atom is -0.391 e. The van der Waals surface area contributed by atoms with Crippen molar-refractivity contribution in [3.05, 3.63) is 78.7 Å². The Bertz CT molecular complexity index is 483. The van der Waals surface area contributed by atoms with E-state index in [9.17, 15) is 5.11 Å². The lowest BCUT2D eigenvalue weighted by Crippen LogP contribution is -2.39. The van der Waals surface area contributed by atoms with Gasteiger partial charge in [0, 0.05) is 6.04 Å². The zero-order valence-electron chi connectivity index (χ0n) is 11.7. The molecule has 0 aromatic heterocycles. The number of hydrogen-bond acceptors (Lipinski definition) is 2. The van der Waals surface area contributed by atoms with Gasteiger partial charge in [0.05, 0.1) is 6.10 Å². The zero-order valence-corrected chi connectivity index (χ0v) is 11.7. The molecule has 2 heteroatoms. The fraction of sp³-hybridized carbons (Fsp3) is 0.278. The number of benzene rings is 2. The maximum atomic E-state index is 10.1. The highest BCUT2D eigenvalue weighted by Crippen LogP contribution is 2.06. The smallest absolute Gasteiger partial charge is 0.0733 e. The monoisotopic (exact) mass is 268 g/mol. The zero-order chi connectivity index (χ0) is 14.2. The van der Waals surface area contributed by atoms with Crippen molar-refractivity contribution in [1.82, 2.24) is 5.32 Å². The number of nitrogens with one attached hydrogen (secondary N) is 1. The second-order valence-electron chi connectivity index (χ2n) is 5.05. The third-order valence-electron chi connectivity index (χ3n) is 3.42. The Labute approximate surface area is 121 Å². The fourth-order valence-electron chi connectivity index (χ4n) is 2.18. The largest absolute Gasteiger partial charge is 0.391 e. The maximum Gasteiger partial charge on any atom is 0.0733 e. The summed E-state index contributed by atoms with van der Waals surface area (Å²) in [5.41, 5.74) is 2.43. The van der Waals surface area contributed by atoms with Gasteiger partial charge in [-0.05, 0) is 37.4 Å². The normalized spacial score (nSPS) is 13.9.